The Bertz CT molecular complexity index is 1440. The normalized spacial score (nSPS) is 12.2. The van der Waals surface area contributed by atoms with Crippen LogP contribution in [0.3, 0.4) is 0 Å². The first-order valence-corrected chi connectivity index (χ1v) is 15.9. The second-order valence-electron chi connectivity index (χ2n) is 11.1. The Hall–Kier alpha value is -3.65. The van der Waals surface area contributed by atoms with Crippen molar-refractivity contribution >= 4 is 27.5 Å². The third-order valence-electron chi connectivity index (χ3n) is 6.92. The molecule has 3 aromatic carbocycles. The summed E-state index contributed by atoms with van der Waals surface area (Å²) in [5.74, 6) is -0.404. The molecule has 8 heteroatoms. The molecule has 0 saturated carbocycles. The Morgan fingerprint density at radius 3 is 2.15 bits per heavy atom. The minimum Gasteiger partial charge on any atom is -0.352 e. The lowest BCUT2D eigenvalue weighted by atomic mass is 10.0. The third kappa shape index (κ3) is 9.46. The molecule has 0 aliphatic heterocycles. The summed E-state index contributed by atoms with van der Waals surface area (Å²) in [6.07, 6.45) is 1.97. The summed E-state index contributed by atoms with van der Waals surface area (Å²) in [6.45, 7) is 10.0. The van der Waals surface area contributed by atoms with Crippen LogP contribution in [0.1, 0.15) is 54.5 Å². The fourth-order valence-corrected chi connectivity index (χ4v) is 5.93. The molecule has 41 heavy (non-hydrogen) atoms. The number of nitrogens with one attached hydrogen (secondary N) is 1. The summed E-state index contributed by atoms with van der Waals surface area (Å²) in [6, 6.07) is 22.5. The zero-order chi connectivity index (χ0) is 30.2. The molecule has 1 N–H and O–H groups in total. The number of hydrogen-bond donors (Lipinski definition) is 1. The van der Waals surface area contributed by atoms with Gasteiger partial charge in [0.1, 0.15) is 6.04 Å². The lowest BCUT2D eigenvalue weighted by Crippen LogP contribution is -2.51. The maximum Gasteiger partial charge on any atom is 0.243 e. The average Bonchev–Trinajstić information content (AvgIpc) is 2.89. The smallest absolute Gasteiger partial charge is 0.243 e. The molecule has 0 aliphatic rings. The highest BCUT2D eigenvalue weighted by Gasteiger charge is 2.31. The van der Waals surface area contributed by atoms with E-state index in [0.29, 0.717) is 18.5 Å². The molecule has 0 heterocycles. The van der Waals surface area contributed by atoms with Crippen LogP contribution >= 0.6 is 0 Å². The topological polar surface area (TPSA) is 86.8 Å². The van der Waals surface area contributed by atoms with E-state index in [9.17, 15) is 18.0 Å². The number of aryl methyl sites for hydroxylation is 3. The van der Waals surface area contributed by atoms with Crippen molar-refractivity contribution in [1.29, 1.82) is 0 Å². The summed E-state index contributed by atoms with van der Waals surface area (Å²) in [5, 5.41) is 3.00. The quantitative estimate of drug-likeness (QED) is 0.298. The maximum atomic E-state index is 13.9. The zero-order valence-electron chi connectivity index (χ0n) is 25.1. The lowest BCUT2D eigenvalue weighted by molar-refractivity contribution is -0.141. The second kappa shape index (κ2) is 14.3. The van der Waals surface area contributed by atoms with Crippen molar-refractivity contribution in [3.05, 3.63) is 101 Å². The van der Waals surface area contributed by atoms with Gasteiger partial charge in [0.15, 0.2) is 0 Å². The Labute approximate surface area is 245 Å². The van der Waals surface area contributed by atoms with Crippen LogP contribution < -0.4 is 9.62 Å². The summed E-state index contributed by atoms with van der Waals surface area (Å²) >= 11 is 0. The van der Waals surface area contributed by atoms with Crippen LogP contribution in [0.15, 0.2) is 72.8 Å². The van der Waals surface area contributed by atoms with Gasteiger partial charge < -0.3 is 10.2 Å². The molecule has 0 aliphatic carbocycles. The molecule has 3 aromatic rings. The van der Waals surface area contributed by atoms with Crippen molar-refractivity contribution in [2.24, 2.45) is 0 Å². The highest BCUT2D eigenvalue weighted by atomic mass is 32.2. The molecule has 3 rings (SSSR count). The van der Waals surface area contributed by atoms with Gasteiger partial charge in [-0.3, -0.25) is 13.9 Å². The predicted octanol–water partition coefficient (Wildman–Crippen LogP) is 5.32. The number of amides is 2. The minimum atomic E-state index is -3.57. The van der Waals surface area contributed by atoms with Gasteiger partial charge in [0, 0.05) is 32.0 Å². The largest absolute Gasteiger partial charge is 0.352 e. The van der Waals surface area contributed by atoms with Gasteiger partial charge in [-0.25, -0.2) is 8.42 Å². The molecular formula is C33H43N3O4S. The van der Waals surface area contributed by atoms with Gasteiger partial charge in [0.25, 0.3) is 0 Å². The van der Waals surface area contributed by atoms with Crippen molar-refractivity contribution < 1.29 is 18.0 Å². The zero-order valence-corrected chi connectivity index (χ0v) is 25.9. The van der Waals surface area contributed by atoms with Crippen LogP contribution in [-0.4, -0.2) is 50.0 Å². The summed E-state index contributed by atoms with van der Waals surface area (Å²) in [5.41, 5.74) is 5.38. The molecule has 0 bridgehead atoms. The van der Waals surface area contributed by atoms with Gasteiger partial charge in [-0.2, -0.15) is 0 Å². The summed E-state index contributed by atoms with van der Waals surface area (Å²) in [7, 11) is -3.57. The van der Waals surface area contributed by atoms with Crippen LogP contribution in [0.25, 0.3) is 0 Å². The van der Waals surface area contributed by atoms with E-state index in [1.54, 1.807) is 4.90 Å². The molecule has 0 radical (unpaired) electrons. The summed E-state index contributed by atoms with van der Waals surface area (Å²) < 4.78 is 26.9. The number of hydrogen-bond acceptors (Lipinski definition) is 4. The first kappa shape index (κ1) is 31.9. The number of rotatable bonds is 13. The van der Waals surface area contributed by atoms with Gasteiger partial charge in [0.2, 0.25) is 21.8 Å². The van der Waals surface area contributed by atoms with E-state index in [1.807, 2.05) is 107 Å². The fourth-order valence-electron chi connectivity index (χ4n) is 4.91. The number of carbonyl (C=O) groups excluding carboxylic acids is 2. The molecule has 0 saturated heterocycles. The Morgan fingerprint density at radius 1 is 0.854 bits per heavy atom. The first-order valence-electron chi connectivity index (χ1n) is 14.1. The molecule has 0 fully saturated rings. The number of carbonyl (C=O) groups is 2. The van der Waals surface area contributed by atoms with Crippen molar-refractivity contribution in [3.8, 4) is 0 Å². The Kier molecular flexibility index (Phi) is 11.1. The Balaban J connectivity index is 1.90. The molecule has 220 valence electrons. The molecule has 0 aromatic heterocycles. The van der Waals surface area contributed by atoms with Gasteiger partial charge in [0.05, 0.1) is 11.9 Å². The van der Waals surface area contributed by atoms with Crippen LogP contribution in [0.2, 0.25) is 0 Å². The molecule has 7 nitrogen and oxygen atoms in total. The Morgan fingerprint density at radius 2 is 1.51 bits per heavy atom. The number of anilines is 1. The van der Waals surface area contributed by atoms with Crippen molar-refractivity contribution in [2.45, 2.75) is 72.5 Å². The number of sulfonamides is 1. The van der Waals surface area contributed by atoms with Crippen LogP contribution in [0, 0.1) is 20.8 Å². The number of benzene rings is 3. The van der Waals surface area contributed by atoms with Gasteiger partial charge in [-0.05, 0) is 69.4 Å². The highest BCUT2D eigenvalue weighted by molar-refractivity contribution is 7.92. The molecule has 2 amide bonds. The minimum absolute atomic E-state index is 0.0856. The fraction of sp³-hybridized carbons (Fsp3) is 0.394. The van der Waals surface area contributed by atoms with E-state index in [-0.39, 0.29) is 37.4 Å². The first-order chi connectivity index (χ1) is 19.3. The van der Waals surface area contributed by atoms with E-state index in [0.717, 1.165) is 27.8 Å². The van der Waals surface area contributed by atoms with Gasteiger partial charge in [-0.15, -0.1) is 0 Å². The van der Waals surface area contributed by atoms with E-state index in [1.165, 1.54) is 10.6 Å². The predicted molar refractivity (Wildman–Crippen MR) is 166 cm³/mol. The monoisotopic (exact) mass is 577 g/mol. The van der Waals surface area contributed by atoms with E-state index >= 15 is 0 Å². The lowest BCUT2D eigenvalue weighted by Gasteiger charge is -2.32. The molecular weight excluding hydrogens is 534 g/mol. The summed E-state index contributed by atoms with van der Waals surface area (Å²) in [4.78, 5) is 29.1. The third-order valence-corrected chi connectivity index (χ3v) is 8.10. The second-order valence-corrected chi connectivity index (χ2v) is 13.0. The average molecular weight is 578 g/mol. The van der Waals surface area contributed by atoms with Gasteiger partial charge >= 0.3 is 0 Å². The molecule has 1 atom stereocenters. The van der Waals surface area contributed by atoms with Crippen LogP contribution in [0.5, 0.6) is 0 Å². The van der Waals surface area contributed by atoms with Crippen molar-refractivity contribution in [2.75, 3.05) is 17.1 Å². The molecule has 0 unspecified atom stereocenters. The number of nitrogens with zero attached hydrogens (tertiary/aromatic N) is 2. The molecule has 0 spiro atoms. The SMILES string of the molecule is Cc1cccc(CN(C(=O)CCCN(c2cc(C)ccc2C)S(C)(=O)=O)[C@@H](Cc2ccccc2)C(=O)NC(C)C)c1. The van der Waals surface area contributed by atoms with Crippen molar-refractivity contribution in [1.82, 2.24) is 10.2 Å². The van der Waals surface area contributed by atoms with E-state index in [4.69, 9.17) is 0 Å². The van der Waals surface area contributed by atoms with Crippen LogP contribution in [-0.2, 0) is 32.6 Å². The van der Waals surface area contributed by atoms with Crippen LogP contribution in [0.4, 0.5) is 5.69 Å². The van der Waals surface area contributed by atoms with E-state index in [2.05, 4.69) is 5.32 Å². The maximum absolute atomic E-state index is 13.9. The highest BCUT2D eigenvalue weighted by Crippen LogP contribution is 2.25. The van der Waals surface area contributed by atoms with Gasteiger partial charge in [-0.1, -0.05) is 72.3 Å². The van der Waals surface area contributed by atoms with E-state index < -0.39 is 16.1 Å². The van der Waals surface area contributed by atoms with Crippen molar-refractivity contribution in [3.63, 3.8) is 0 Å². The standard InChI is InChI=1S/C33H43N3O4S/c1-24(2)34-33(38)31(22-28-13-8-7-9-14-28)35(23-29-15-10-12-25(3)20-29)32(37)16-11-19-36(41(6,39)40)30-21-26(4)17-18-27(30)5/h7-10,12-15,17-18,20-21,24,31H,11,16,19,22-23H2,1-6H3,(H,34,38)/t31-/m0/s1.